The molecule has 0 radical (unpaired) electrons. The zero-order valence-corrected chi connectivity index (χ0v) is 12.5. The number of hydrogen-bond acceptors (Lipinski definition) is 1. The molecule has 0 saturated carbocycles. The van der Waals surface area contributed by atoms with E-state index in [1.54, 1.807) is 0 Å². The van der Waals surface area contributed by atoms with E-state index in [-0.39, 0.29) is 0 Å². The lowest BCUT2D eigenvalue weighted by Gasteiger charge is -2.22. The first kappa shape index (κ1) is 12.7. The van der Waals surface area contributed by atoms with E-state index in [0.717, 1.165) is 28.4 Å². The smallest absolute Gasteiger partial charge is 0.0962 e. The van der Waals surface area contributed by atoms with Gasteiger partial charge in [0.05, 0.1) is 11.4 Å². The van der Waals surface area contributed by atoms with Crippen LogP contribution in [0.4, 0.5) is 0 Å². The fraction of sp³-hybridized carbons (Fsp3) is 0.167. The van der Waals surface area contributed by atoms with Gasteiger partial charge in [-0.3, -0.25) is 5.10 Å². The van der Waals surface area contributed by atoms with Crippen LogP contribution in [-0.4, -0.2) is 10.2 Å². The van der Waals surface area contributed by atoms with Crippen molar-refractivity contribution in [3.05, 3.63) is 64.7 Å². The van der Waals surface area contributed by atoms with Crippen molar-refractivity contribution in [2.24, 2.45) is 0 Å². The molecule has 3 heteroatoms. The lowest BCUT2D eigenvalue weighted by molar-refractivity contribution is 0.750. The van der Waals surface area contributed by atoms with E-state index in [1.807, 2.05) is 24.3 Å². The second-order valence-electron chi connectivity index (χ2n) is 5.63. The van der Waals surface area contributed by atoms with Crippen molar-refractivity contribution < 1.29 is 0 Å². The van der Waals surface area contributed by atoms with Gasteiger partial charge < -0.3 is 0 Å². The Balaban J connectivity index is 1.89. The summed E-state index contributed by atoms with van der Waals surface area (Å²) in [5.74, 6) is 0.511. The zero-order valence-electron chi connectivity index (χ0n) is 11.7. The minimum absolute atomic E-state index is 0.511. The Morgan fingerprint density at radius 2 is 1.86 bits per heavy atom. The number of aromatic nitrogens is 2. The van der Waals surface area contributed by atoms with Gasteiger partial charge in [-0.1, -0.05) is 54.9 Å². The Labute approximate surface area is 128 Å². The van der Waals surface area contributed by atoms with Crippen LogP contribution in [0.15, 0.2) is 48.5 Å². The van der Waals surface area contributed by atoms with Crippen molar-refractivity contribution in [3.8, 4) is 22.5 Å². The average Bonchev–Trinajstić information content (AvgIpc) is 2.92. The molecule has 1 aromatic heterocycles. The number of rotatable bonds is 1. The van der Waals surface area contributed by atoms with E-state index in [9.17, 15) is 0 Å². The normalized spacial score (nSPS) is 16.4. The third-order valence-corrected chi connectivity index (χ3v) is 4.51. The number of aromatic amines is 1. The fourth-order valence-corrected chi connectivity index (χ4v) is 3.33. The number of hydrogen-bond donors (Lipinski definition) is 1. The summed E-state index contributed by atoms with van der Waals surface area (Å²) >= 11 is 5.98. The van der Waals surface area contributed by atoms with Crippen molar-refractivity contribution in [3.63, 3.8) is 0 Å². The van der Waals surface area contributed by atoms with E-state index >= 15 is 0 Å². The largest absolute Gasteiger partial charge is 0.277 e. The number of fused-ring (bicyclic) bond motifs is 3. The molecule has 2 aromatic carbocycles. The summed E-state index contributed by atoms with van der Waals surface area (Å²) in [6, 6.07) is 16.5. The van der Waals surface area contributed by atoms with Crippen LogP contribution >= 0.6 is 11.6 Å². The summed E-state index contributed by atoms with van der Waals surface area (Å²) in [6.07, 6.45) is 1.01. The number of H-pyrrole nitrogens is 1. The van der Waals surface area contributed by atoms with Gasteiger partial charge in [0.15, 0.2) is 0 Å². The molecule has 3 aromatic rings. The first-order valence-corrected chi connectivity index (χ1v) is 7.54. The molecule has 1 unspecified atom stereocenters. The fourth-order valence-electron chi connectivity index (χ4n) is 3.20. The summed E-state index contributed by atoms with van der Waals surface area (Å²) in [5, 5.41) is 8.55. The molecule has 2 nitrogen and oxygen atoms in total. The Bertz CT molecular complexity index is 802. The van der Waals surface area contributed by atoms with Crippen molar-refractivity contribution in [2.45, 2.75) is 19.3 Å². The maximum atomic E-state index is 5.98. The van der Waals surface area contributed by atoms with Gasteiger partial charge in [-0.25, -0.2) is 0 Å². The second kappa shape index (κ2) is 4.74. The first-order valence-electron chi connectivity index (χ1n) is 7.16. The Kier molecular flexibility index (Phi) is 2.86. The van der Waals surface area contributed by atoms with Crippen LogP contribution in [-0.2, 0) is 6.42 Å². The van der Waals surface area contributed by atoms with Gasteiger partial charge in [0.2, 0.25) is 0 Å². The molecule has 1 aliphatic carbocycles. The highest BCUT2D eigenvalue weighted by atomic mass is 35.5. The number of benzene rings is 2. The molecule has 0 saturated heterocycles. The van der Waals surface area contributed by atoms with E-state index < -0.39 is 0 Å². The van der Waals surface area contributed by atoms with Crippen molar-refractivity contribution in [1.82, 2.24) is 10.2 Å². The molecule has 1 N–H and O–H groups in total. The Morgan fingerprint density at radius 1 is 1.10 bits per heavy atom. The van der Waals surface area contributed by atoms with Crippen LogP contribution in [0, 0.1) is 0 Å². The quantitative estimate of drug-likeness (QED) is 0.668. The molecule has 0 amide bonds. The topological polar surface area (TPSA) is 28.7 Å². The van der Waals surface area contributed by atoms with E-state index in [0.29, 0.717) is 5.92 Å². The number of nitrogens with one attached hydrogen (secondary N) is 1. The van der Waals surface area contributed by atoms with Crippen molar-refractivity contribution in [1.29, 1.82) is 0 Å². The van der Waals surface area contributed by atoms with Crippen LogP contribution in [0.5, 0.6) is 0 Å². The van der Waals surface area contributed by atoms with Crippen molar-refractivity contribution >= 4 is 11.6 Å². The average molecular weight is 295 g/mol. The molecule has 1 heterocycles. The SMILES string of the molecule is CC1Cc2c(n[nH]c2-c2ccc(Cl)cc2)-c2ccccc21. The van der Waals surface area contributed by atoms with Gasteiger partial charge in [-0.15, -0.1) is 0 Å². The van der Waals surface area contributed by atoms with Gasteiger partial charge >= 0.3 is 0 Å². The maximum absolute atomic E-state index is 5.98. The lowest BCUT2D eigenvalue weighted by Crippen LogP contribution is -2.07. The van der Waals surface area contributed by atoms with E-state index in [2.05, 4.69) is 41.4 Å². The van der Waals surface area contributed by atoms with E-state index in [4.69, 9.17) is 11.6 Å². The Hall–Kier alpha value is -2.06. The zero-order chi connectivity index (χ0) is 14.4. The van der Waals surface area contributed by atoms with E-state index in [1.165, 1.54) is 16.7 Å². The summed E-state index contributed by atoms with van der Waals surface area (Å²) < 4.78 is 0. The molecule has 0 aliphatic heterocycles. The molecular formula is C18H15ClN2. The first-order chi connectivity index (χ1) is 10.2. The standard InChI is InChI=1S/C18H15ClN2/c1-11-10-16-17(12-6-8-13(19)9-7-12)20-21-18(16)15-5-3-2-4-14(11)15/h2-9,11H,10H2,1H3,(H,20,21). The van der Waals surface area contributed by atoms with Gasteiger partial charge in [-0.05, 0) is 35.6 Å². The van der Waals surface area contributed by atoms with Gasteiger partial charge in [-0.2, -0.15) is 5.10 Å². The summed E-state index contributed by atoms with van der Waals surface area (Å²) in [5.41, 5.74) is 7.29. The number of nitrogens with zero attached hydrogens (tertiary/aromatic N) is 1. The molecule has 0 fully saturated rings. The van der Waals surface area contributed by atoms with Gasteiger partial charge in [0.25, 0.3) is 0 Å². The molecular weight excluding hydrogens is 280 g/mol. The second-order valence-corrected chi connectivity index (χ2v) is 6.06. The van der Waals surface area contributed by atoms with Crippen LogP contribution in [0.3, 0.4) is 0 Å². The molecule has 0 spiro atoms. The third-order valence-electron chi connectivity index (χ3n) is 4.26. The van der Waals surface area contributed by atoms with Gasteiger partial charge in [0, 0.05) is 16.1 Å². The highest BCUT2D eigenvalue weighted by molar-refractivity contribution is 6.30. The van der Waals surface area contributed by atoms with Crippen LogP contribution in [0.25, 0.3) is 22.5 Å². The van der Waals surface area contributed by atoms with Gasteiger partial charge in [0.1, 0.15) is 0 Å². The Morgan fingerprint density at radius 3 is 2.67 bits per heavy atom. The van der Waals surface area contributed by atoms with Crippen LogP contribution < -0.4 is 0 Å². The lowest BCUT2D eigenvalue weighted by atomic mass is 9.81. The molecule has 4 rings (SSSR count). The van der Waals surface area contributed by atoms with Crippen LogP contribution in [0.1, 0.15) is 24.0 Å². The summed E-state index contributed by atoms with van der Waals surface area (Å²) in [6.45, 7) is 2.28. The van der Waals surface area contributed by atoms with Crippen molar-refractivity contribution in [2.75, 3.05) is 0 Å². The monoisotopic (exact) mass is 294 g/mol. The molecule has 1 atom stereocenters. The van der Waals surface area contributed by atoms with Crippen LogP contribution in [0.2, 0.25) is 5.02 Å². The third kappa shape index (κ3) is 1.98. The highest BCUT2D eigenvalue weighted by Crippen LogP contribution is 2.41. The summed E-state index contributed by atoms with van der Waals surface area (Å²) in [7, 11) is 0. The summed E-state index contributed by atoms with van der Waals surface area (Å²) in [4.78, 5) is 0. The molecule has 0 bridgehead atoms. The highest BCUT2D eigenvalue weighted by Gasteiger charge is 2.26. The number of halogens is 1. The molecule has 21 heavy (non-hydrogen) atoms. The molecule has 104 valence electrons. The predicted molar refractivity (Wildman–Crippen MR) is 86.6 cm³/mol. The minimum Gasteiger partial charge on any atom is -0.277 e. The minimum atomic E-state index is 0.511. The maximum Gasteiger partial charge on any atom is 0.0962 e. The molecule has 1 aliphatic rings. The predicted octanol–water partition coefficient (Wildman–Crippen LogP) is 5.06.